The van der Waals surface area contributed by atoms with Gasteiger partial charge in [-0.3, -0.25) is 14.5 Å². The van der Waals surface area contributed by atoms with Crippen LogP contribution in [-0.4, -0.2) is 60.4 Å². The molecule has 0 radical (unpaired) electrons. The van der Waals surface area contributed by atoms with E-state index in [1.165, 1.54) is 0 Å². The zero-order valence-electron chi connectivity index (χ0n) is 13.9. The summed E-state index contributed by atoms with van der Waals surface area (Å²) in [5.74, 6) is 0.360. The van der Waals surface area contributed by atoms with Crippen LogP contribution in [0.5, 0.6) is 0 Å². The molecule has 0 saturated carbocycles. The Morgan fingerprint density at radius 2 is 1.76 bits per heavy atom. The molecule has 1 aliphatic rings. The molecule has 21 heavy (non-hydrogen) atoms. The molecule has 2 amide bonds. The SMILES string of the molecule is CCCCCC(=O)N1CCN(CC(=O)NC(C)CC)CC1. The van der Waals surface area contributed by atoms with Crippen LogP contribution in [-0.2, 0) is 9.59 Å². The first-order valence-corrected chi connectivity index (χ1v) is 8.36. The lowest BCUT2D eigenvalue weighted by Crippen LogP contribution is -2.51. The van der Waals surface area contributed by atoms with Crippen molar-refractivity contribution in [3.63, 3.8) is 0 Å². The quantitative estimate of drug-likeness (QED) is 0.693. The normalized spacial score (nSPS) is 17.6. The molecule has 5 heteroatoms. The zero-order valence-corrected chi connectivity index (χ0v) is 13.9. The van der Waals surface area contributed by atoms with Crippen LogP contribution >= 0.6 is 0 Å². The summed E-state index contributed by atoms with van der Waals surface area (Å²) in [7, 11) is 0. The van der Waals surface area contributed by atoms with Crippen molar-refractivity contribution < 1.29 is 9.59 Å². The molecule has 1 atom stereocenters. The minimum absolute atomic E-state index is 0.0899. The highest BCUT2D eigenvalue weighted by Gasteiger charge is 2.22. The van der Waals surface area contributed by atoms with Gasteiger partial charge in [-0.2, -0.15) is 0 Å². The lowest BCUT2D eigenvalue weighted by Gasteiger charge is -2.34. The number of piperazine rings is 1. The van der Waals surface area contributed by atoms with E-state index in [1.807, 2.05) is 11.8 Å². The minimum Gasteiger partial charge on any atom is -0.353 e. The maximum Gasteiger partial charge on any atom is 0.234 e. The van der Waals surface area contributed by atoms with Gasteiger partial charge in [0.2, 0.25) is 11.8 Å². The van der Waals surface area contributed by atoms with Gasteiger partial charge in [0.25, 0.3) is 0 Å². The fourth-order valence-electron chi connectivity index (χ4n) is 2.47. The summed E-state index contributed by atoms with van der Waals surface area (Å²) in [4.78, 5) is 27.9. The van der Waals surface area contributed by atoms with Crippen molar-refractivity contribution in [1.82, 2.24) is 15.1 Å². The molecule has 0 aromatic heterocycles. The summed E-state index contributed by atoms with van der Waals surface area (Å²) < 4.78 is 0. The minimum atomic E-state index is 0.0899. The molecule has 5 nitrogen and oxygen atoms in total. The van der Waals surface area contributed by atoms with Crippen LogP contribution in [0.15, 0.2) is 0 Å². The number of carbonyl (C=O) groups excluding carboxylic acids is 2. The molecule has 0 aromatic rings. The first-order valence-electron chi connectivity index (χ1n) is 8.36. The van der Waals surface area contributed by atoms with Crippen LogP contribution in [0.2, 0.25) is 0 Å². The van der Waals surface area contributed by atoms with Gasteiger partial charge in [0.1, 0.15) is 0 Å². The van der Waals surface area contributed by atoms with E-state index in [9.17, 15) is 9.59 Å². The van der Waals surface area contributed by atoms with Crippen LogP contribution in [0.25, 0.3) is 0 Å². The van der Waals surface area contributed by atoms with E-state index in [0.29, 0.717) is 13.0 Å². The van der Waals surface area contributed by atoms with E-state index in [1.54, 1.807) is 0 Å². The second kappa shape index (κ2) is 9.77. The van der Waals surface area contributed by atoms with Crippen molar-refractivity contribution in [3.8, 4) is 0 Å². The first-order chi connectivity index (χ1) is 10.1. The first kappa shape index (κ1) is 18.0. The molecule has 0 bridgehead atoms. The highest BCUT2D eigenvalue weighted by Crippen LogP contribution is 2.07. The molecular weight excluding hydrogens is 266 g/mol. The summed E-state index contributed by atoms with van der Waals surface area (Å²) in [6, 6.07) is 0.235. The summed E-state index contributed by atoms with van der Waals surface area (Å²) in [6.07, 6.45) is 4.88. The van der Waals surface area contributed by atoms with Crippen molar-refractivity contribution in [2.24, 2.45) is 0 Å². The van der Waals surface area contributed by atoms with Gasteiger partial charge in [0.15, 0.2) is 0 Å². The van der Waals surface area contributed by atoms with E-state index in [2.05, 4.69) is 24.1 Å². The van der Waals surface area contributed by atoms with Gasteiger partial charge in [-0.05, 0) is 19.8 Å². The standard InChI is InChI=1S/C16H31N3O2/c1-4-6-7-8-16(21)19-11-9-18(10-12-19)13-15(20)17-14(3)5-2/h14H,4-13H2,1-3H3,(H,17,20). The van der Waals surface area contributed by atoms with Gasteiger partial charge in [-0.15, -0.1) is 0 Å². The molecule has 0 aromatic carbocycles. The Morgan fingerprint density at radius 1 is 1.10 bits per heavy atom. The Hall–Kier alpha value is -1.10. The number of unbranched alkanes of at least 4 members (excludes halogenated alkanes) is 2. The predicted octanol–water partition coefficient (Wildman–Crippen LogP) is 1.63. The van der Waals surface area contributed by atoms with Crippen molar-refractivity contribution in [2.45, 2.75) is 58.9 Å². The van der Waals surface area contributed by atoms with E-state index in [0.717, 1.165) is 51.9 Å². The van der Waals surface area contributed by atoms with Gasteiger partial charge in [-0.1, -0.05) is 26.7 Å². The lowest BCUT2D eigenvalue weighted by atomic mass is 10.2. The molecule has 0 spiro atoms. The topological polar surface area (TPSA) is 52.7 Å². The zero-order chi connectivity index (χ0) is 15.7. The average Bonchev–Trinajstić information content (AvgIpc) is 2.47. The molecular formula is C16H31N3O2. The van der Waals surface area contributed by atoms with Crippen molar-refractivity contribution in [1.29, 1.82) is 0 Å². The van der Waals surface area contributed by atoms with Crippen molar-refractivity contribution in [3.05, 3.63) is 0 Å². The summed E-state index contributed by atoms with van der Waals surface area (Å²) >= 11 is 0. The third-order valence-electron chi connectivity index (χ3n) is 4.11. The number of hydrogen-bond acceptors (Lipinski definition) is 3. The molecule has 1 fully saturated rings. The van der Waals surface area contributed by atoms with Crippen molar-refractivity contribution in [2.75, 3.05) is 32.7 Å². The monoisotopic (exact) mass is 297 g/mol. The van der Waals surface area contributed by atoms with Gasteiger partial charge in [-0.25, -0.2) is 0 Å². The number of rotatable bonds is 8. The van der Waals surface area contributed by atoms with Gasteiger partial charge >= 0.3 is 0 Å². The average molecular weight is 297 g/mol. The number of amides is 2. The Labute approximate surface area is 129 Å². The van der Waals surface area contributed by atoms with E-state index in [-0.39, 0.29) is 17.9 Å². The van der Waals surface area contributed by atoms with E-state index >= 15 is 0 Å². The number of nitrogens with zero attached hydrogens (tertiary/aromatic N) is 2. The van der Waals surface area contributed by atoms with Crippen LogP contribution in [0.3, 0.4) is 0 Å². The third-order valence-corrected chi connectivity index (χ3v) is 4.11. The number of hydrogen-bond donors (Lipinski definition) is 1. The molecule has 1 unspecified atom stereocenters. The van der Waals surface area contributed by atoms with Crippen LogP contribution < -0.4 is 5.32 Å². The van der Waals surface area contributed by atoms with Crippen LogP contribution in [0.1, 0.15) is 52.9 Å². The van der Waals surface area contributed by atoms with Gasteiger partial charge in [0.05, 0.1) is 6.54 Å². The fraction of sp³-hybridized carbons (Fsp3) is 0.875. The molecule has 1 N–H and O–H groups in total. The second-order valence-corrected chi connectivity index (χ2v) is 5.99. The number of nitrogens with one attached hydrogen (secondary N) is 1. The van der Waals surface area contributed by atoms with Crippen LogP contribution in [0, 0.1) is 0 Å². The maximum absolute atomic E-state index is 12.0. The summed E-state index contributed by atoms with van der Waals surface area (Å²) in [5.41, 5.74) is 0. The Morgan fingerprint density at radius 3 is 2.33 bits per heavy atom. The van der Waals surface area contributed by atoms with E-state index in [4.69, 9.17) is 0 Å². The molecule has 1 heterocycles. The smallest absolute Gasteiger partial charge is 0.234 e. The highest BCUT2D eigenvalue weighted by molar-refractivity contribution is 5.78. The molecule has 0 aliphatic carbocycles. The molecule has 1 saturated heterocycles. The second-order valence-electron chi connectivity index (χ2n) is 5.99. The fourth-order valence-corrected chi connectivity index (χ4v) is 2.47. The van der Waals surface area contributed by atoms with Crippen molar-refractivity contribution >= 4 is 11.8 Å². The molecule has 1 aliphatic heterocycles. The highest BCUT2D eigenvalue weighted by atomic mass is 16.2. The molecule has 122 valence electrons. The maximum atomic E-state index is 12.0. The summed E-state index contributed by atoms with van der Waals surface area (Å²) in [5, 5.41) is 2.98. The third kappa shape index (κ3) is 6.93. The Kier molecular flexibility index (Phi) is 8.35. The summed E-state index contributed by atoms with van der Waals surface area (Å²) in [6.45, 7) is 9.78. The lowest BCUT2D eigenvalue weighted by molar-refractivity contribution is -0.133. The van der Waals surface area contributed by atoms with E-state index < -0.39 is 0 Å². The van der Waals surface area contributed by atoms with Crippen LogP contribution in [0.4, 0.5) is 0 Å². The Bertz CT molecular complexity index is 325. The van der Waals surface area contributed by atoms with Gasteiger partial charge < -0.3 is 10.2 Å². The Balaban J connectivity index is 2.22. The number of carbonyl (C=O) groups is 2. The molecule has 1 rings (SSSR count). The van der Waals surface area contributed by atoms with Gasteiger partial charge in [0, 0.05) is 38.6 Å². The largest absolute Gasteiger partial charge is 0.353 e. The predicted molar refractivity (Wildman–Crippen MR) is 85.1 cm³/mol.